The maximum absolute atomic E-state index is 8.18. The van der Waals surface area contributed by atoms with Crippen LogP contribution >= 0.6 is 11.8 Å². The number of rotatable bonds is 5. The number of hydrogen-bond acceptors (Lipinski definition) is 3. The molecule has 0 heterocycles. The fourth-order valence-electron chi connectivity index (χ4n) is 2.17. The lowest BCUT2D eigenvalue weighted by Crippen LogP contribution is -2.20. The highest BCUT2D eigenvalue weighted by Gasteiger charge is 2.10. The molecule has 0 amide bonds. The summed E-state index contributed by atoms with van der Waals surface area (Å²) >= 11 is 1.69. The van der Waals surface area contributed by atoms with E-state index in [1.165, 1.54) is 0 Å². The summed E-state index contributed by atoms with van der Waals surface area (Å²) in [5.41, 5.74) is 2.90. The molecule has 0 atom stereocenters. The van der Waals surface area contributed by atoms with E-state index < -0.39 is 0 Å². The number of nitrogens with zero attached hydrogens (tertiary/aromatic N) is 1. The second-order valence-electron chi connectivity index (χ2n) is 4.79. The quantitative estimate of drug-likeness (QED) is 0.502. The maximum Gasteiger partial charge on any atom is 0.131 e. The molecule has 0 saturated carbocycles. The average molecular weight is 312 g/mol. The van der Waals surface area contributed by atoms with Crippen molar-refractivity contribution in [3.05, 3.63) is 60.8 Å². The second kappa shape index (κ2) is 7.18. The van der Waals surface area contributed by atoms with Crippen LogP contribution in [0.4, 0.5) is 0 Å². The zero-order valence-corrected chi connectivity index (χ0v) is 13.9. The monoisotopic (exact) mass is 312 g/mol. The molecule has 0 aliphatic heterocycles. The predicted octanol–water partition coefficient (Wildman–Crippen LogP) is 4.48. The van der Waals surface area contributed by atoms with Crippen molar-refractivity contribution in [2.75, 3.05) is 20.4 Å². The van der Waals surface area contributed by atoms with Gasteiger partial charge in [0.25, 0.3) is 0 Å². The molecule has 2 aromatic carbocycles. The first kappa shape index (κ1) is 16.2. The topological polar surface area (TPSA) is 36.3 Å². The molecule has 0 aliphatic carbocycles. The minimum atomic E-state index is 0.413. The van der Waals surface area contributed by atoms with E-state index in [-0.39, 0.29) is 0 Å². The van der Waals surface area contributed by atoms with Gasteiger partial charge < -0.3 is 9.64 Å². The molecule has 0 radical (unpaired) electrons. The van der Waals surface area contributed by atoms with Crippen LogP contribution in [-0.4, -0.2) is 31.1 Å². The van der Waals surface area contributed by atoms with Crippen molar-refractivity contribution in [3.63, 3.8) is 0 Å². The Hall–Kier alpha value is -2.20. The van der Waals surface area contributed by atoms with Crippen LogP contribution in [0.2, 0.25) is 0 Å². The van der Waals surface area contributed by atoms with Gasteiger partial charge in [-0.05, 0) is 42.3 Å². The molecule has 0 fully saturated rings. The number of benzene rings is 2. The van der Waals surface area contributed by atoms with Crippen molar-refractivity contribution in [1.29, 1.82) is 5.41 Å². The lowest BCUT2D eigenvalue weighted by Gasteiger charge is -2.16. The third-order valence-corrected chi connectivity index (χ3v) is 4.21. The van der Waals surface area contributed by atoms with Crippen LogP contribution < -0.4 is 4.74 Å². The van der Waals surface area contributed by atoms with Crippen molar-refractivity contribution < 1.29 is 4.74 Å². The molecule has 0 aliphatic rings. The third-order valence-electron chi connectivity index (χ3n) is 3.48. The Balaban J connectivity index is 2.46. The highest BCUT2D eigenvalue weighted by Crippen LogP contribution is 2.33. The second-order valence-corrected chi connectivity index (χ2v) is 5.67. The van der Waals surface area contributed by atoms with Crippen molar-refractivity contribution in [2.24, 2.45) is 0 Å². The normalized spacial score (nSPS) is 10.1. The Kier molecular flexibility index (Phi) is 5.28. The van der Waals surface area contributed by atoms with Crippen molar-refractivity contribution >= 4 is 17.6 Å². The van der Waals surface area contributed by atoms with Crippen LogP contribution in [0.15, 0.2) is 60.1 Å². The van der Waals surface area contributed by atoms with Crippen LogP contribution in [0.1, 0.15) is 5.56 Å². The van der Waals surface area contributed by atoms with E-state index in [0.29, 0.717) is 5.84 Å². The van der Waals surface area contributed by atoms with Crippen molar-refractivity contribution in [3.8, 4) is 16.9 Å². The number of amidine groups is 1. The average Bonchev–Trinajstić information content (AvgIpc) is 2.59. The molecule has 2 aromatic rings. The van der Waals surface area contributed by atoms with Crippen LogP contribution in [0.25, 0.3) is 11.1 Å². The largest absolute Gasteiger partial charge is 0.496 e. The van der Waals surface area contributed by atoms with E-state index in [0.717, 1.165) is 27.3 Å². The smallest absolute Gasteiger partial charge is 0.131 e. The summed E-state index contributed by atoms with van der Waals surface area (Å²) in [5.74, 6) is 1.25. The SMILES string of the molecule is C=CN(C)C(=N)c1cccc(-c2ccc(SC)cc2OC)c1. The van der Waals surface area contributed by atoms with Crippen LogP contribution in [-0.2, 0) is 0 Å². The number of methoxy groups -OCH3 is 1. The molecular formula is C18H20N2OS. The van der Waals surface area contributed by atoms with E-state index in [9.17, 15) is 0 Å². The third kappa shape index (κ3) is 3.34. The Morgan fingerprint density at radius 3 is 2.68 bits per heavy atom. The first-order valence-corrected chi connectivity index (χ1v) is 8.10. The van der Waals surface area contributed by atoms with Gasteiger partial charge in [0.05, 0.1) is 7.11 Å². The molecule has 4 heteroatoms. The summed E-state index contributed by atoms with van der Waals surface area (Å²) in [7, 11) is 3.50. The zero-order valence-electron chi connectivity index (χ0n) is 13.1. The van der Waals surface area contributed by atoms with Gasteiger partial charge in [0.2, 0.25) is 0 Å². The van der Waals surface area contributed by atoms with E-state index in [1.807, 2.05) is 43.6 Å². The van der Waals surface area contributed by atoms with Gasteiger partial charge >= 0.3 is 0 Å². The number of ether oxygens (including phenoxy) is 1. The number of thioether (sulfide) groups is 1. The van der Waals surface area contributed by atoms with Gasteiger partial charge in [-0.3, -0.25) is 5.41 Å². The van der Waals surface area contributed by atoms with Gasteiger partial charge in [-0.25, -0.2) is 0 Å². The van der Waals surface area contributed by atoms with Gasteiger partial charge in [0.15, 0.2) is 0 Å². The van der Waals surface area contributed by atoms with E-state index in [2.05, 4.69) is 18.7 Å². The van der Waals surface area contributed by atoms with E-state index in [1.54, 1.807) is 30.0 Å². The first-order chi connectivity index (χ1) is 10.6. The molecule has 0 aromatic heterocycles. The zero-order chi connectivity index (χ0) is 16.1. The predicted molar refractivity (Wildman–Crippen MR) is 95.0 cm³/mol. The molecule has 2 rings (SSSR count). The van der Waals surface area contributed by atoms with Gasteiger partial charge in [0, 0.05) is 23.1 Å². The Bertz CT molecular complexity index is 697. The number of nitrogens with one attached hydrogen (secondary N) is 1. The highest BCUT2D eigenvalue weighted by molar-refractivity contribution is 7.98. The van der Waals surface area contributed by atoms with Gasteiger partial charge in [0.1, 0.15) is 11.6 Å². The molecule has 0 spiro atoms. The number of hydrogen-bond donors (Lipinski definition) is 1. The van der Waals surface area contributed by atoms with Crippen LogP contribution in [0, 0.1) is 5.41 Å². The standard InChI is InChI=1S/C18H20N2OS/c1-5-20(2)18(19)14-8-6-7-13(11-14)16-10-9-15(22-4)12-17(16)21-3/h5-12,19H,1H2,2-4H3. The molecule has 114 valence electrons. The highest BCUT2D eigenvalue weighted by atomic mass is 32.2. The Morgan fingerprint density at radius 1 is 1.27 bits per heavy atom. The summed E-state index contributed by atoms with van der Waals surface area (Å²) < 4.78 is 5.52. The Labute approximate surface area is 136 Å². The molecule has 3 nitrogen and oxygen atoms in total. The Morgan fingerprint density at radius 2 is 2.05 bits per heavy atom. The minimum absolute atomic E-state index is 0.413. The molecule has 1 N–H and O–H groups in total. The molecule has 0 unspecified atom stereocenters. The lowest BCUT2D eigenvalue weighted by molar-refractivity contribution is 0.415. The minimum Gasteiger partial charge on any atom is -0.496 e. The summed E-state index contributed by atoms with van der Waals surface area (Å²) in [6, 6.07) is 14.1. The lowest BCUT2D eigenvalue weighted by atomic mass is 10.0. The molecule has 0 bridgehead atoms. The summed E-state index contributed by atoms with van der Waals surface area (Å²) in [4.78, 5) is 2.85. The van der Waals surface area contributed by atoms with Crippen molar-refractivity contribution in [1.82, 2.24) is 4.90 Å². The van der Waals surface area contributed by atoms with E-state index >= 15 is 0 Å². The molecule has 0 saturated heterocycles. The van der Waals surface area contributed by atoms with Crippen molar-refractivity contribution in [2.45, 2.75) is 4.90 Å². The van der Waals surface area contributed by atoms with E-state index in [4.69, 9.17) is 10.1 Å². The summed E-state index contributed by atoms with van der Waals surface area (Å²) in [6.45, 7) is 3.70. The van der Waals surface area contributed by atoms with Gasteiger partial charge in [-0.2, -0.15) is 0 Å². The van der Waals surface area contributed by atoms with Crippen LogP contribution in [0.3, 0.4) is 0 Å². The maximum atomic E-state index is 8.18. The van der Waals surface area contributed by atoms with Gasteiger partial charge in [-0.1, -0.05) is 24.8 Å². The first-order valence-electron chi connectivity index (χ1n) is 6.87. The molecular weight excluding hydrogens is 292 g/mol. The molecule has 22 heavy (non-hydrogen) atoms. The summed E-state index contributed by atoms with van der Waals surface area (Å²) in [6.07, 6.45) is 3.67. The fraction of sp³-hybridized carbons (Fsp3) is 0.167. The fourth-order valence-corrected chi connectivity index (χ4v) is 2.59. The van der Waals surface area contributed by atoms with Crippen LogP contribution in [0.5, 0.6) is 5.75 Å². The summed E-state index contributed by atoms with van der Waals surface area (Å²) in [5, 5.41) is 8.18. The van der Waals surface area contributed by atoms with Gasteiger partial charge in [-0.15, -0.1) is 11.8 Å².